The van der Waals surface area contributed by atoms with E-state index in [0.29, 0.717) is 12.8 Å². The van der Waals surface area contributed by atoms with Crippen LogP contribution in [0.3, 0.4) is 0 Å². The Labute approximate surface area is 145 Å². The monoisotopic (exact) mass is 294 g/mol. The van der Waals surface area contributed by atoms with Gasteiger partial charge in [0, 0.05) is 11.9 Å². The first-order valence-electron chi connectivity index (χ1n) is 6.16. The van der Waals surface area contributed by atoms with Crippen molar-refractivity contribution in [3.8, 4) is 0 Å². The summed E-state index contributed by atoms with van der Waals surface area (Å²) < 4.78 is 0. The largest absolute Gasteiger partial charge is 2.00 e. The predicted molar refractivity (Wildman–Crippen MR) is 73.1 cm³/mol. The first-order valence-corrected chi connectivity index (χ1v) is 6.16. The second kappa shape index (κ2) is 20.0. The molecule has 0 spiro atoms. The van der Waals surface area contributed by atoms with Gasteiger partial charge in [0.1, 0.15) is 0 Å². The number of carbonyl (C=O) groups excluding carboxylic acids is 2. The molecule has 0 amide bonds. The van der Waals surface area contributed by atoms with Crippen molar-refractivity contribution in [2.75, 3.05) is 0 Å². The van der Waals surface area contributed by atoms with E-state index in [0.717, 1.165) is 25.7 Å². The molecular weight excluding hydrogens is 272 g/mol. The van der Waals surface area contributed by atoms with E-state index in [1.807, 2.05) is 0 Å². The van der Waals surface area contributed by atoms with Crippen LogP contribution in [0.5, 0.6) is 0 Å². The molecule has 104 valence electrons. The van der Waals surface area contributed by atoms with Crippen molar-refractivity contribution in [3.63, 3.8) is 0 Å². The minimum Gasteiger partial charge on any atom is -0.550 e. The van der Waals surface area contributed by atoms with Gasteiger partial charge in [-0.25, -0.2) is 0 Å². The minimum atomic E-state index is -0.959. The summed E-state index contributed by atoms with van der Waals surface area (Å²) in [6.07, 6.45) is 8.92. The van der Waals surface area contributed by atoms with Crippen molar-refractivity contribution in [3.05, 3.63) is 25.3 Å². The van der Waals surface area contributed by atoms with Crippen LogP contribution in [0.15, 0.2) is 25.3 Å². The van der Waals surface area contributed by atoms with Crippen molar-refractivity contribution in [2.45, 2.75) is 51.4 Å². The van der Waals surface area contributed by atoms with E-state index in [2.05, 4.69) is 13.2 Å². The average Bonchev–Trinajstić information content (AvgIpc) is 2.31. The normalized spacial score (nSPS) is 8.42. The fourth-order valence-corrected chi connectivity index (χ4v) is 1.12. The van der Waals surface area contributed by atoms with Crippen LogP contribution in [0.1, 0.15) is 51.4 Å². The molecule has 0 atom stereocenters. The fraction of sp³-hybridized carbons (Fsp3) is 0.571. The summed E-state index contributed by atoms with van der Waals surface area (Å²) in [7, 11) is 0. The SMILES string of the molecule is C=CCCCCC(=O)[O-].C=CCCCCC(=O)[O-].[Ca+2]. The average molecular weight is 294 g/mol. The molecule has 0 aliphatic heterocycles. The van der Waals surface area contributed by atoms with E-state index in [9.17, 15) is 19.8 Å². The van der Waals surface area contributed by atoms with Gasteiger partial charge < -0.3 is 19.8 Å². The maximum absolute atomic E-state index is 9.83. The van der Waals surface area contributed by atoms with Crippen LogP contribution in [0.4, 0.5) is 0 Å². The van der Waals surface area contributed by atoms with Crippen LogP contribution < -0.4 is 10.2 Å². The van der Waals surface area contributed by atoms with Gasteiger partial charge in [-0.1, -0.05) is 12.2 Å². The molecule has 0 aliphatic rings. The van der Waals surface area contributed by atoms with Gasteiger partial charge >= 0.3 is 37.7 Å². The van der Waals surface area contributed by atoms with Crippen LogP contribution >= 0.6 is 0 Å². The third kappa shape index (κ3) is 31.9. The molecule has 0 saturated carbocycles. The summed E-state index contributed by atoms with van der Waals surface area (Å²) in [5, 5.41) is 19.7. The van der Waals surface area contributed by atoms with Gasteiger partial charge in [0.15, 0.2) is 0 Å². The van der Waals surface area contributed by atoms with E-state index < -0.39 is 11.9 Å². The topological polar surface area (TPSA) is 80.3 Å². The molecule has 0 aromatic carbocycles. The summed E-state index contributed by atoms with van der Waals surface area (Å²) in [5.74, 6) is -1.92. The van der Waals surface area contributed by atoms with Crippen LogP contribution in [-0.4, -0.2) is 49.7 Å². The summed E-state index contributed by atoms with van der Waals surface area (Å²) in [5.41, 5.74) is 0. The quantitative estimate of drug-likeness (QED) is 0.335. The summed E-state index contributed by atoms with van der Waals surface area (Å²) in [6, 6.07) is 0. The van der Waals surface area contributed by atoms with Crippen molar-refractivity contribution in [1.82, 2.24) is 0 Å². The van der Waals surface area contributed by atoms with Crippen molar-refractivity contribution >= 4 is 49.7 Å². The third-order valence-electron chi connectivity index (χ3n) is 2.08. The first-order chi connectivity index (χ1) is 8.54. The van der Waals surface area contributed by atoms with Crippen LogP contribution in [0.25, 0.3) is 0 Å². The Morgan fingerprint density at radius 2 is 1.11 bits per heavy atom. The van der Waals surface area contributed by atoms with Gasteiger partial charge in [-0.05, 0) is 51.4 Å². The number of unbranched alkanes of at least 4 members (excludes halogenated alkanes) is 4. The molecule has 0 saturated heterocycles. The zero-order valence-corrected chi connectivity index (χ0v) is 13.8. The number of carbonyl (C=O) groups is 2. The molecule has 0 fully saturated rings. The zero-order valence-electron chi connectivity index (χ0n) is 11.6. The molecule has 0 aromatic rings. The van der Waals surface area contributed by atoms with Gasteiger partial charge in [0.25, 0.3) is 0 Å². The maximum atomic E-state index is 9.83. The molecule has 0 N–H and O–H groups in total. The number of aliphatic carboxylic acids is 2. The predicted octanol–water partition coefficient (Wildman–Crippen LogP) is 0.585. The molecule has 0 aromatic heterocycles. The molecule has 0 aliphatic carbocycles. The van der Waals surface area contributed by atoms with E-state index in [4.69, 9.17) is 0 Å². The maximum Gasteiger partial charge on any atom is 2.00 e. The second-order valence-corrected chi connectivity index (χ2v) is 3.81. The number of carboxylic acids is 2. The van der Waals surface area contributed by atoms with Gasteiger partial charge in [-0.15, -0.1) is 13.2 Å². The Morgan fingerprint density at radius 1 is 0.789 bits per heavy atom. The molecule has 0 rings (SSSR count). The van der Waals surface area contributed by atoms with E-state index in [-0.39, 0.29) is 50.6 Å². The molecular formula is C14H22CaO4. The van der Waals surface area contributed by atoms with Crippen molar-refractivity contribution in [1.29, 1.82) is 0 Å². The van der Waals surface area contributed by atoms with Gasteiger partial charge in [0.2, 0.25) is 0 Å². The fourth-order valence-electron chi connectivity index (χ4n) is 1.12. The molecule has 19 heavy (non-hydrogen) atoms. The van der Waals surface area contributed by atoms with Crippen molar-refractivity contribution in [2.24, 2.45) is 0 Å². The van der Waals surface area contributed by atoms with Gasteiger partial charge in [-0.3, -0.25) is 0 Å². The van der Waals surface area contributed by atoms with Crippen molar-refractivity contribution < 1.29 is 19.8 Å². The summed E-state index contributed by atoms with van der Waals surface area (Å²) in [6.45, 7) is 7.03. The van der Waals surface area contributed by atoms with Crippen LogP contribution in [-0.2, 0) is 9.59 Å². The summed E-state index contributed by atoms with van der Waals surface area (Å²) in [4.78, 5) is 19.7. The third-order valence-corrected chi connectivity index (χ3v) is 2.08. The molecule has 5 heteroatoms. The molecule has 4 nitrogen and oxygen atoms in total. The number of carboxylic acid groups (broad SMARTS) is 2. The Balaban J connectivity index is -0.000000256. The number of allylic oxidation sites excluding steroid dienone is 2. The van der Waals surface area contributed by atoms with E-state index >= 15 is 0 Å². The van der Waals surface area contributed by atoms with Gasteiger partial charge in [0.05, 0.1) is 0 Å². The zero-order chi connectivity index (χ0) is 14.2. The van der Waals surface area contributed by atoms with E-state index in [1.165, 1.54) is 0 Å². The molecule has 0 heterocycles. The second-order valence-electron chi connectivity index (χ2n) is 3.81. The first kappa shape index (κ1) is 23.7. The Hall–Kier alpha value is -0.320. The van der Waals surface area contributed by atoms with Crippen LogP contribution in [0, 0.1) is 0 Å². The molecule has 0 radical (unpaired) electrons. The standard InChI is InChI=1S/2C7H12O2.Ca/c2*1-2-3-4-5-6-7(8)9;/h2*2H,1,3-6H2,(H,8,9);/q;;+2/p-2. The van der Waals surface area contributed by atoms with Crippen LogP contribution in [0.2, 0.25) is 0 Å². The minimum absolute atomic E-state index is 0. The smallest absolute Gasteiger partial charge is 0.550 e. The van der Waals surface area contributed by atoms with E-state index in [1.54, 1.807) is 12.2 Å². The number of hydrogen-bond donors (Lipinski definition) is 0. The molecule has 0 bridgehead atoms. The Kier molecular flexibility index (Phi) is 25.0. The Morgan fingerprint density at radius 3 is 1.32 bits per heavy atom. The molecule has 0 unspecified atom stereocenters. The number of rotatable bonds is 10. The number of hydrogen-bond acceptors (Lipinski definition) is 4. The van der Waals surface area contributed by atoms with Gasteiger partial charge in [-0.2, -0.15) is 0 Å². The Bertz CT molecular complexity index is 226. The summed E-state index contributed by atoms with van der Waals surface area (Å²) >= 11 is 0.